The number of tetrazole rings is 1. The van der Waals surface area contributed by atoms with Gasteiger partial charge in [0.15, 0.2) is 0 Å². The van der Waals surface area contributed by atoms with Gasteiger partial charge in [0.2, 0.25) is 11.1 Å². The summed E-state index contributed by atoms with van der Waals surface area (Å²) in [6.07, 6.45) is 4.51. The summed E-state index contributed by atoms with van der Waals surface area (Å²) in [5, 5.41) is 12.7. The van der Waals surface area contributed by atoms with Crippen molar-refractivity contribution in [3.63, 3.8) is 0 Å². The van der Waals surface area contributed by atoms with Gasteiger partial charge in [-0.3, -0.25) is 9.59 Å². The topological polar surface area (TPSA) is 90.2 Å². The van der Waals surface area contributed by atoms with Crippen molar-refractivity contribution in [1.82, 2.24) is 25.1 Å². The largest absolute Gasteiger partial charge is 0.469 e. The van der Waals surface area contributed by atoms with Crippen LogP contribution in [0.1, 0.15) is 44.2 Å². The summed E-state index contributed by atoms with van der Waals surface area (Å²) in [5.74, 6) is -0.570. The fourth-order valence-electron chi connectivity index (χ4n) is 3.54. The van der Waals surface area contributed by atoms with Crippen LogP contribution in [0, 0.1) is 5.92 Å². The summed E-state index contributed by atoms with van der Waals surface area (Å²) >= 11 is 1.35. The normalized spacial score (nSPS) is 15.2. The van der Waals surface area contributed by atoms with Crippen LogP contribution in [0.4, 0.5) is 0 Å². The van der Waals surface area contributed by atoms with E-state index < -0.39 is 5.92 Å². The third-order valence-electron chi connectivity index (χ3n) is 5.12. The maximum absolute atomic E-state index is 13.0. The lowest BCUT2D eigenvalue weighted by Gasteiger charge is -2.25. The molecule has 0 radical (unpaired) electrons. The Hall–Kier alpha value is -2.42. The molecule has 1 aliphatic carbocycles. The molecule has 9 heteroatoms. The first-order chi connectivity index (χ1) is 14.1. The number of aromatic nitrogens is 4. The van der Waals surface area contributed by atoms with Gasteiger partial charge in [0, 0.05) is 13.1 Å². The van der Waals surface area contributed by atoms with E-state index in [0.29, 0.717) is 24.3 Å². The zero-order chi connectivity index (χ0) is 20.6. The highest BCUT2D eigenvalue weighted by Gasteiger charge is 2.25. The van der Waals surface area contributed by atoms with E-state index in [1.165, 1.54) is 31.7 Å². The fourth-order valence-corrected chi connectivity index (χ4v) is 4.39. The monoisotopic (exact) mass is 417 g/mol. The maximum atomic E-state index is 13.0. The van der Waals surface area contributed by atoms with Gasteiger partial charge in [0.25, 0.3) is 0 Å². The quantitative estimate of drug-likeness (QED) is 0.458. The molecular formula is C20H27N5O3S. The number of ether oxygens (including phenoxy) is 1. The number of hydrogen-bond acceptors (Lipinski definition) is 7. The highest BCUT2D eigenvalue weighted by molar-refractivity contribution is 7.99. The second kappa shape index (κ2) is 10.4. The molecule has 1 aromatic heterocycles. The predicted molar refractivity (Wildman–Crippen MR) is 109 cm³/mol. The molecule has 0 aliphatic heterocycles. The number of nitrogens with zero attached hydrogens (tertiary/aromatic N) is 5. The Morgan fingerprint density at radius 1 is 1.28 bits per heavy atom. The van der Waals surface area contributed by atoms with Gasteiger partial charge in [-0.2, -0.15) is 0 Å². The van der Waals surface area contributed by atoms with Crippen molar-refractivity contribution in [2.24, 2.45) is 5.92 Å². The minimum atomic E-state index is -0.401. The molecule has 0 bridgehead atoms. The van der Waals surface area contributed by atoms with Crippen LogP contribution >= 0.6 is 11.8 Å². The number of hydrogen-bond donors (Lipinski definition) is 0. The zero-order valence-electron chi connectivity index (χ0n) is 16.9. The molecule has 1 saturated carbocycles. The molecule has 2 aromatic rings. The smallest absolute Gasteiger partial charge is 0.310 e. The molecule has 1 unspecified atom stereocenters. The van der Waals surface area contributed by atoms with Crippen LogP contribution < -0.4 is 0 Å². The standard InChI is InChI=1S/C20H27N5O3S/c1-15(19(27)28-2)12-24(13-16-8-4-3-5-9-16)18(26)14-29-20-21-22-23-25(20)17-10-6-7-11-17/h3-5,8-9,15,17H,6-7,10-14H2,1-2H3. The van der Waals surface area contributed by atoms with Crippen molar-refractivity contribution in [1.29, 1.82) is 0 Å². The van der Waals surface area contributed by atoms with E-state index in [4.69, 9.17) is 4.74 Å². The minimum Gasteiger partial charge on any atom is -0.469 e. The van der Waals surface area contributed by atoms with E-state index in [1.54, 1.807) is 11.8 Å². The van der Waals surface area contributed by atoms with Crippen LogP contribution in [0.2, 0.25) is 0 Å². The van der Waals surface area contributed by atoms with Crippen LogP contribution in [0.25, 0.3) is 0 Å². The molecule has 1 amide bonds. The first kappa shape index (κ1) is 21.3. The van der Waals surface area contributed by atoms with Crippen LogP contribution in [-0.4, -0.2) is 56.4 Å². The number of thioether (sulfide) groups is 1. The van der Waals surface area contributed by atoms with Crippen molar-refractivity contribution < 1.29 is 14.3 Å². The van der Waals surface area contributed by atoms with E-state index in [2.05, 4.69) is 15.5 Å². The molecule has 3 rings (SSSR count). The lowest BCUT2D eigenvalue weighted by molar-refractivity contribution is -0.146. The van der Waals surface area contributed by atoms with Crippen molar-refractivity contribution in [3.8, 4) is 0 Å². The molecular weight excluding hydrogens is 390 g/mol. The number of rotatable bonds is 9. The number of methoxy groups -OCH3 is 1. The average molecular weight is 418 g/mol. The van der Waals surface area contributed by atoms with Gasteiger partial charge in [-0.25, -0.2) is 4.68 Å². The first-order valence-corrected chi connectivity index (χ1v) is 10.9. The van der Waals surface area contributed by atoms with Crippen LogP contribution in [-0.2, 0) is 20.9 Å². The Labute approximate surface area is 175 Å². The Morgan fingerprint density at radius 2 is 2.00 bits per heavy atom. The molecule has 29 heavy (non-hydrogen) atoms. The molecule has 0 N–H and O–H groups in total. The van der Waals surface area contributed by atoms with Crippen molar-refractivity contribution >= 4 is 23.6 Å². The summed E-state index contributed by atoms with van der Waals surface area (Å²) in [6.45, 7) is 2.51. The van der Waals surface area contributed by atoms with E-state index in [1.807, 2.05) is 35.0 Å². The van der Waals surface area contributed by atoms with E-state index in [0.717, 1.165) is 18.4 Å². The van der Waals surface area contributed by atoms with Gasteiger partial charge in [-0.05, 0) is 28.8 Å². The van der Waals surface area contributed by atoms with Crippen LogP contribution in [0.15, 0.2) is 35.5 Å². The summed E-state index contributed by atoms with van der Waals surface area (Å²) in [6, 6.07) is 10.1. The van der Waals surface area contributed by atoms with Gasteiger partial charge in [0.05, 0.1) is 24.8 Å². The van der Waals surface area contributed by atoms with Crippen LogP contribution in [0.5, 0.6) is 0 Å². The lowest BCUT2D eigenvalue weighted by atomic mass is 10.1. The average Bonchev–Trinajstić information content (AvgIpc) is 3.43. The third kappa shape index (κ3) is 5.79. The van der Waals surface area contributed by atoms with E-state index >= 15 is 0 Å². The van der Waals surface area contributed by atoms with E-state index in [9.17, 15) is 9.59 Å². The number of carbonyl (C=O) groups is 2. The molecule has 1 aromatic carbocycles. The SMILES string of the molecule is COC(=O)C(C)CN(Cc1ccccc1)C(=O)CSc1nnnn1C1CCCC1. The second-order valence-corrected chi connectivity index (χ2v) is 8.26. The number of carbonyl (C=O) groups excluding carboxylic acids is 2. The number of benzene rings is 1. The summed E-state index contributed by atoms with van der Waals surface area (Å²) in [4.78, 5) is 26.6. The molecule has 1 aliphatic rings. The van der Waals surface area contributed by atoms with Gasteiger partial charge >= 0.3 is 5.97 Å². The number of esters is 1. The van der Waals surface area contributed by atoms with Gasteiger partial charge in [-0.1, -0.05) is 61.9 Å². The zero-order valence-corrected chi connectivity index (χ0v) is 17.7. The Bertz CT molecular complexity index is 807. The minimum absolute atomic E-state index is 0.0596. The first-order valence-electron chi connectivity index (χ1n) is 9.88. The highest BCUT2D eigenvalue weighted by atomic mass is 32.2. The Morgan fingerprint density at radius 3 is 2.69 bits per heavy atom. The van der Waals surface area contributed by atoms with Gasteiger partial charge < -0.3 is 9.64 Å². The molecule has 1 atom stereocenters. The molecule has 0 spiro atoms. The maximum Gasteiger partial charge on any atom is 0.310 e. The highest BCUT2D eigenvalue weighted by Crippen LogP contribution is 2.31. The lowest BCUT2D eigenvalue weighted by Crippen LogP contribution is -2.38. The van der Waals surface area contributed by atoms with Crippen molar-refractivity contribution in [2.45, 2.75) is 50.4 Å². The van der Waals surface area contributed by atoms with Gasteiger partial charge in [0.1, 0.15) is 0 Å². The van der Waals surface area contributed by atoms with E-state index in [-0.39, 0.29) is 17.6 Å². The summed E-state index contributed by atoms with van der Waals surface area (Å²) in [7, 11) is 1.36. The fraction of sp³-hybridized carbons (Fsp3) is 0.550. The Kier molecular flexibility index (Phi) is 7.62. The van der Waals surface area contributed by atoms with Crippen LogP contribution in [0.3, 0.4) is 0 Å². The molecule has 156 valence electrons. The third-order valence-corrected chi connectivity index (χ3v) is 6.04. The van der Waals surface area contributed by atoms with Gasteiger partial charge in [-0.15, -0.1) is 5.10 Å². The molecule has 0 saturated heterocycles. The Balaban J connectivity index is 1.66. The molecule has 8 nitrogen and oxygen atoms in total. The molecule has 1 fully saturated rings. The predicted octanol–water partition coefficient (Wildman–Crippen LogP) is 2.72. The summed E-state index contributed by atoms with van der Waals surface area (Å²) < 4.78 is 6.67. The van der Waals surface area contributed by atoms with Crippen molar-refractivity contribution in [2.75, 3.05) is 19.4 Å². The number of amides is 1. The summed E-state index contributed by atoms with van der Waals surface area (Å²) in [5.41, 5.74) is 1.01. The van der Waals surface area contributed by atoms with Crippen molar-refractivity contribution in [3.05, 3.63) is 35.9 Å². The molecule has 1 heterocycles. The second-order valence-electron chi connectivity index (χ2n) is 7.32.